The van der Waals surface area contributed by atoms with Crippen molar-refractivity contribution in [2.24, 2.45) is 5.92 Å². The monoisotopic (exact) mass is 501 g/mol. The third kappa shape index (κ3) is 5.43. The first-order valence-corrected chi connectivity index (χ1v) is 13.2. The zero-order chi connectivity index (χ0) is 25.8. The van der Waals surface area contributed by atoms with Gasteiger partial charge in [-0.1, -0.05) is 30.3 Å². The molecule has 2 aliphatic rings. The molecular formula is C32H36FNO3. The number of rotatable bonds is 7. The number of piperidine rings is 1. The van der Waals surface area contributed by atoms with Gasteiger partial charge >= 0.3 is 0 Å². The number of anilines is 1. The first-order valence-electron chi connectivity index (χ1n) is 13.2. The third-order valence-corrected chi connectivity index (χ3v) is 7.86. The number of halogens is 1. The molecule has 0 saturated carbocycles. The van der Waals surface area contributed by atoms with Crippen LogP contribution in [0.15, 0.2) is 66.7 Å². The average Bonchev–Trinajstić information content (AvgIpc) is 3.14. The Morgan fingerprint density at radius 3 is 2.14 bits per heavy atom. The van der Waals surface area contributed by atoms with Crippen LogP contribution >= 0.6 is 0 Å². The van der Waals surface area contributed by atoms with Gasteiger partial charge in [0.15, 0.2) is 6.29 Å². The third-order valence-electron chi connectivity index (χ3n) is 7.86. The summed E-state index contributed by atoms with van der Waals surface area (Å²) in [6.07, 6.45) is 4.92. The Labute approximate surface area is 219 Å². The molecule has 5 rings (SSSR count). The fourth-order valence-corrected chi connectivity index (χ4v) is 5.91. The summed E-state index contributed by atoms with van der Waals surface area (Å²) >= 11 is 0. The number of nitrogens with zero attached hydrogens (tertiary/aromatic N) is 1. The quantitative estimate of drug-likeness (QED) is 0.327. The highest BCUT2D eigenvalue weighted by molar-refractivity contribution is 6.00. The number of fused-ring (bicyclic) bond motifs is 1. The van der Waals surface area contributed by atoms with Crippen LogP contribution in [0.1, 0.15) is 47.9 Å². The first kappa shape index (κ1) is 25.5. The molecular weight excluding hydrogens is 465 g/mol. The Bertz CT molecular complexity index is 1220. The zero-order valence-electron chi connectivity index (χ0n) is 22.0. The Balaban J connectivity index is 1.49. The second-order valence-corrected chi connectivity index (χ2v) is 9.95. The van der Waals surface area contributed by atoms with Crippen LogP contribution in [0.3, 0.4) is 0 Å². The second kappa shape index (κ2) is 11.5. The normalized spacial score (nSPS) is 16.6. The van der Waals surface area contributed by atoms with Crippen LogP contribution in [-0.4, -0.2) is 40.7 Å². The van der Waals surface area contributed by atoms with E-state index in [0.717, 1.165) is 56.5 Å². The number of aryl methyl sites for hydroxylation is 1. The number of ether oxygens (including phenoxy) is 3. The van der Waals surface area contributed by atoms with E-state index in [0.29, 0.717) is 5.92 Å². The van der Waals surface area contributed by atoms with Crippen LogP contribution in [0.25, 0.3) is 11.1 Å². The van der Waals surface area contributed by atoms with E-state index >= 15 is 0 Å². The maximum absolute atomic E-state index is 13.8. The van der Waals surface area contributed by atoms with Gasteiger partial charge < -0.3 is 19.1 Å². The number of benzene rings is 3. The van der Waals surface area contributed by atoms with E-state index in [1.807, 2.05) is 18.2 Å². The average molecular weight is 502 g/mol. The number of hydrogen-bond donors (Lipinski definition) is 0. The number of hydrogen-bond acceptors (Lipinski definition) is 4. The lowest BCUT2D eigenvalue weighted by molar-refractivity contribution is -0.141. The van der Waals surface area contributed by atoms with Crippen molar-refractivity contribution in [2.45, 2.75) is 38.4 Å². The van der Waals surface area contributed by atoms with Gasteiger partial charge in [0, 0.05) is 38.9 Å². The molecule has 37 heavy (non-hydrogen) atoms. The number of allylic oxidation sites excluding steroid dienone is 1. The van der Waals surface area contributed by atoms with E-state index in [-0.39, 0.29) is 12.1 Å². The largest absolute Gasteiger partial charge is 0.497 e. The summed E-state index contributed by atoms with van der Waals surface area (Å²) in [6.45, 7) is 1.97. The maximum atomic E-state index is 13.8. The molecule has 3 aromatic rings. The molecule has 1 heterocycles. The lowest BCUT2D eigenvalue weighted by Crippen LogP contribution is -2.39. The van der Waals surface area contributed by atoms with E-state index in [4.69, 9.17) is 14.2 Å². The fourth-order valence-electron chi connectivity index (χ4n) is 5.91. The molecule has 194 valence electrons. The predicted octanol–water partition coefficient (Wildman–Crippen LogP) is 6.97. The van der Waals surface area contributed by atoms with Gasteiger partial charge in [-0.25, -0.2) is 4.39 Å². The molecule has 4 nitrogen and oxygen atoms in total. The van der Waals surface area contributed by atoms with E-state index in [9.17, 15) is 4.39 Å². The summed E-state index contributed by atoms with van der Waals surface area (Å²) < 4.78 is 30.3. The fraction of sp³-hybridized carbons (Fsp3) is 0.375. The summed E-state index contributed by atoms with van der Waals surface area (Å²) in [5.41, 5.74) is 8.53. The van der Waals surface area contributed by atoms with Crippen molar-refractivity contribution in [3.8, 4) is 5.75 Å². The van der Waals surface area contributed by atoms with Gasteiger partial charge in [-0.2, -0.15) is 0 Å². The molecule has 0 amide bonds. The Morgan fingerprint density at radius 1 is 0.811 bits per heavy atom. The molecule has 1 aliphatic heterocycles. The molecule has 1 saturated heterocycles. The van der Waals surface area contributed by atoms with E-state index < -0.39 is 0 Å². The number of methoxy groups -OCH3 is 3. The molecule has 1 aliphatic carbocycles. The van der Waals surface area contributed by atoms with Gasteiger partial charge in [0.2, 0.25) is 0 Å². The summed E-state index contributed by atoms with van der Waals surface area (Å²) in [6, 6.07) is 22.3. The Morgan fingerprint density at radius 2 is 1.49 bits per heavy atom. The highest BCUT2D eigenvalue weighted by atomic mass is 19.1. The SMILES string of the molecule is COc1ccc2c(c1)CCCC(c1ccc(F)cc1)=C2c1ccc(N2CCC(C(OC)OC)CC2)cc1. The lowest BCUT2D eigenvalue weighted by atomic mass is 9.87. The Hall–Kier alpha value is -3.15. The smallest absolute Gasteiger partial charge is 0.159 e. The molecule has 0 spiro atoms. The van der Waals surface area contributed by atoms with Crippen LogP contribution in [0.5, 0.6) is 5.75 Å². The summed E-state index contributed by atoms with van der Waals surface area (Å²) in [4.78, 5) is 2.45. The van der Waals surface area contributed by atoms with Crippen LogP contribution in [0.2, 0.25) is 0 Å². The Kier molecular flexibility index (Phi) is 7.92. The molecule has 0 unspecified atom stereocenters. The molecule has 1 fully saturated rings. The lowest BCUT2D eigenvalue weighted by Gasteiger charge is -2.36. The van der Waals surface area contributed by atoms with Crippen molar-refractivity contribution in [3.05, 3.63) is 94.8 Å². The molecule has 0 N–H and O–H groups in total. The van der Waals surface area contributed by atoms with Gasteiger partial charge in [-0.05, 0) is 102 Å². The van der Waals surface area contributed by atoms with E-state index in [2.05, 4.69) is 41.3 Å². The van der Waals surface area contributed by atoms with Crippen molar-refractivity contribution < 1.29 is 18.6 Å². The van der Waals surface area contributed by atoms with Crippen molar-refractivity contribution in [2.75, 3.05) is 39.3 Å². The summed E-state index contributed by atoms with van der Waals surface area (Å²) in [5, 5.41) is 0. The summed E-state index contributed by atoms with van der Waals surface area (Å²) in [7, 11) is 5.15. The first-order chi connectivity index (χ1) is 18.1. The molecule has 5 heteroatoms. The molecule has 0 bridgehead atoms. The molecule has 0 aromatic heterocycles. The minimum atomic E-state index is -0.208. The predicted molar refractivity (Wildman–Crippen MR) is 147 cm³/mol. The highest BCUT2D eigenvalue weighted by Crippen LogP contribution is 2.41. The molecule has 3 aromatic carbocycles. The van der Waals surface area contributed by atoms with Crippen molar-refractivity contribution in [1.82, 2.24) is 0 Å². The van der Waals surface area contributed by atoms with Crippen LogP contribution in [-0.2, 0) is 15.9 Å². The molecule has 0 radical (unpaired) electrons. The van der Waals surface area contributed by atoms with Gasteiger partial charge in [-0.3, -0.25) is 0 Å². The van der Waals surface area contributed by atoms with Gasteiger partial charge in [-0.15, -0.1) is 0 Å². The van der Waals surface area contributed by atoms with Crippen molar-refractivity contribution >= 4 is 16.8 Å². The van der Waals surface area contributed by atoms with Crippen LogP contribution in [0, 0.1) is 11.7 Å². The minimum Gasteiger partial charge on any atom is -0.497 e. The van der Waals surface area contributed by atoms with Crippen molar-refractivity contribution in [1.29, 1.82) is 0 Å². The zero-order valence-corrected chi connectivity index (χ0v) is 22.0. The van der Waals surface area contributed by atoms with Crippen molar-refractivity contribution in [3.63, 3.8) is 0 Å². The van der Waals surface area contributed by atoms with Gasteiger partial charge in [0.25, 0.3) is 0 Å². The minimum absolute atomic E-state index is 0.129. The standard InChI is InChI=1S/C32H36FNO3/c1-35-28-15-16-30-25(21-28)5-4-6-29(22-7-11-26(33)12-8-22)31(30)23-9-13-27(14-10-23)34-19-17-24(18-20-34)32(36-2)37-3/h7-16,21,24,32H,4-6,17-20H2,1-3H3. The van der Waals surface area contributed by atoms with Gasteiger partial charge in [0.05, 0.1) is 7.11 Å². The maximum Gasteiger partial charge on any atom is 0.159 e. The highest BCUT2D eigenvalue weighted by Gasteiger charge is 2.27. The van der Waals surface area contributed by atoms with E-state index in [1.165, 1.54) is 33.5 Å². The van der Waals surface area contributed by atoms with Gasteiger partial charge in [0.1, 0.15) is 11.6 Å². The summed E-state index contributed by atoms with van der Waals surface area (Å²) in [5.74, 6) is 1.10. The van der Waals surface area contributed by atoms with E-state index in [1.54, 1.807) is 33.5 Å². The topological polar surface area (TPSA) is 30.9 Å². The molecule has 0 atom stereocenters. The van der Waals surface area contributed by atoms with Crippen LogP contribution < -0.4 is 9.64 Å². The second-order valence-electron chi connectivity index (χ2n) is 9.95. The van der Waals surface area contributed by atoms with Crippen LogP contribution in [0.4, 0.5) is 10.1 Å².